The van der Waals surface area contributed by atoms with Gasteiger partial charge in [-0.25, -0.2) is 18.1 Å². The summed E-state index contributed by atoms with van der Waals surface area (Å²) >= 11 is 0.334. The van der Waals surface area contributed by atoms with Crippen molar-refractivity contribution >= 4 is 38.5 Å². The van der Waals surface area contributed by atoms with E-state index >= 15 is 0 Å². The molecule has 11 nitrogen and oxygen atoms in total. The highest BCUT2D eigenvalue weighted by molar-refractivity contribution is 7.89. The smallest absolute Gasteiger partial charge is 0.377 e. The fourth-order valence-corrected chi connectivity index (χ4v) is 7.35. The molecule has 6 rings (SSSR count). The average Bonchev–Trinajstić information content (AvgIpc) is 3.31. The van der Waals surface area contributed by atoms with Crippen LogP contribution in [0.3, 0.4) is 0 Å². The van der Waals surface area contributed by atoms with Gasteiger partial charge in [-0.15, -0.1) is 10.2 Å². The maximum atomic E-state index is 13.5. The van der Waals surface area contributed by atoms with Crippen molar-refractivity contribution < 1.29 is 31.1 Å². The van der Waals surface area contributed by atoms with Gasteiger partial charge in [-0.3, -0.25) is 9.20 Å². The Balaban J connectivity index is 1.38. The van der Waals surface area contributed by atoms with Crippen LogP contribution in [-0.2, 0) is 25.7 Å². The number of nitrogens with one attached hydrogen (secondary N) is 1. The van der Waals surface area contributed by atoms with Gasteiger partial charge >= 0.3 is 6.18 Å². The molecule has 2 aliphatic heterocycles. The maximum Gasteiger partial charge on any atom is 0.445 e. The second-order valence-corrected chi connectivity index (χ2v) is 13.5. The van der Waals surface area contributed by atoms with E-state index in [4.69, 9.17) is 4.74 Å². The summed E-state index contributed by atoms with van der Waals surface area (Å²) < 4.78 is 75.9. The quantitative estimate of drug-likeness (QED) is 0.440. The number of nitrogens with zero attached hydrogens (tertiary/aromatic N) is 6. The Morgan fingerprint density at radius 3 is 2.42 bits per heavy atom. The number of hydrogen-bond donors (Lipinski definition) is 1. The van der Waals surface area contributed by atoms with Crippen LogP contribution in [0.1, 0.15) is 38.1 Å². The zero-order valence-corrected chi connectivity index (χ0v) is 23.5. The zero-order valence-electron chi connectivity index (χ0n) is 21.9. The summed E-state index contributed by atoms with van der Waals surface area (Å²) in [5.74, 6) is 0.214. The third-order valence-corrected chi connectivity index (χ3v) is 10.4. The first-order valence-electron chi connectivity index (χ1n) is 12.9. The van der Waals surface area contributed by atoms with Crippen molar-refractivity contribution in [1.82, 2.24) is 29.2 Å². The van der Waals surface area contributed by atoms with E-state index in [2.05, 4.69) is 19.9 Å². The molecule has 5 heterocycles. The maximum absolute atomic E-state index is 13.5. The van der Waals surface area contributed by atoms with Crippen molar-refractivity contribution in [3.63, 3.8) is 0 Å². The first-order valence-corrected chi connectivity index (χ1v) is 15.2. The summed E-state index contributed by atoms with van der Waals surface area (Å²) in [5.41, 5.74) is 0.0357. The molecule has 3 aliphatic rings. The number of rotatable bonds is 7. The van der Waals surface area contributed by atoms with Crippen molar-refractivity contribution in [2.45, 2.75) is 49.7 Å². The number of alkyl halides is 3. The van der Waals surface area contributed by atoms with Crippen LogP contribution >= 0.6 is 11.3 Å². The van der Waals surface area contributed by atoms with Gasteiger partial charge in [0.25, 0.3) is 0 Å². The first-order chi connectivity index (χ1) is 18.8. The number of fused-ring (bicyclic) bond motifs is 1. The molecular formula is C24H28F3N7O4S2. The number of carbonyl (C=O) groups excluding carboxylic acids is 1. The van der Waals surface area contributed by atoms with E-state index in [0.717, 1.165) is 19.3 Å². The Kier molecular flexibility index (Phi) is 6.40. The second-order valence-electron chi connectivity index (χ2n) is 10.9. The van der Waals surface area contributed by atoms with Crippen LogP contribution in [-0.4, -0.2) is 83.7 Å². The molecule has 2 saturated heterocycles. The van der Waals surface area contributed by atoms with Gasteiger partial charge in [0.2, 0.25) is 20.9 Å². The topological polar surface area (TPSA) is 122 Å². The number of piperazine rings is 1. The minimum Gasteiger partial charge on any atom is -0.377 e. The third kappa shape index (κ3) is 4.73. The SMILES string of the molecule is CCC1(C(=O)N2CCN(c3cc(S(=O)(=O)NC4(C)COC4)cn4c(-c5nnc(C(F)(F)F)s5)ncc34)CC2)CC1. The number of anilines is 1. The number of amides is 1. The molecule has 0 spiro atoms. The highest BCUT2D eigenvalue weighted by Gasteiger charge is 2.50. The van der Waals surface area contributed by atoms with Crippen LogP contribution in [0.15, 0.2) is 23.4 Å². The molecule has 3 aromatic rings. The van der Waals surface area contributed by atoms with Crippen LogP contribution in [0.4, 0.5) is 18.9 Å². The number of sulfonamides is 1. The summed E-state index contributed by atoms with van der Waals surface area (Å²) in [6.07, 6.45) is 0.766. The molecule has 40 heavy (non-hydrogen) atoms. The number of carbonyl (C=O) groups is 1. The van der Waals surface area contributed by atoms with Crippen LogP contribution in [0, 0.1) is 5.41 Å². The molecule has 0 unspecified atom stereocenters. The molecule has 1 N–H and O–H groups in total. The highest BCUT2D eigenvalue weighted by Crippen LogP contribution is 2.50. The minimum absolute atomic E-state index is 0.0481. The Morgan fingerprint density at radius 1 is 1.18 bits per heavy atom. The van der Waals surface area contributed by atoms with Gasteiger partial charge in [0.15, 0.2) is 10.8 Å². The average molecular weight is 600 g/mol. The molecule has 0 atom stereocenters. The number of halogens is 3. The molecule has 16 heteroatoms. The summed E-state index contributed by atoms with van der Waals surface area (Å²) in [7, 11) is -4.05. The van der Waals surface area contributed by atoms with E-state index in [1.807, 2.05) is 16.7 Å². The highest BCUT2D eigenvalue weighted by atomic mass is 32.2. The standard InChI is InChI=1S/C24H28F3N7O4S2/c1-3-23(4-5-23)21(35)33-8-6-32(7-9-33)16-10-15(40(36,37)31-22(2)13-38-14-22)12-34-17(16)11-28-18(34)19-29-30-20(39-19)24(25,26)27/h10-12,31H,3-9,13-14H2,1-2H3. The van der Waals surface area contributed by atoms with Crippen molar-refractivity contribution in [2.75, 3.05) is 44.3 Å². The van der Waals surface area contributed by atoms with Crippen molar-refractivity contribution in [1.29, 1.82) is 0 Å². The van der Waals surface area contributed by atoms with Crippen LogP contribution in [0.2, 0.25) is 0 Å². The van der Waals surface area contributed by atoms with E-state index in [-0.39, 0.29) is 40.3 Å². The molecule has 1 amide bonds. The molecule has 3 aromatic heterocycles. The Labute approximate surface area is 232 Å². The van der Waals surface area contributed by atoms with Gasteiger partial charge < -0.3 is 14.5 Å². The van der Waals surface area contributed by atoms with E-state index in [1.54, 1.807) is 13.0 Å². The Bertz CT molecular complexity index is 1570. The minimum atomic E-state index is -4.67. The van der Waals surface area contributed by atoms with Crippen molar-refractivity contribution in [3.8, 4) is 10.8 Å². The van der Waals surface area contributed by atoms with E-state index < -0.39 is 26.7 Å². The summed E-state index contributed by atoms with van der Waals surface area (Å²) in [5, 5.41) is 5.72. The Morgan fingerprint density at radius 2 is 1.88 bits per heavy atom. The molecule has 1 saturated carbocycles. The fraction of sp³-hybridized carbons (Fsp3) is 0.583. The predicted molar refractivity (Wildman–Crippen MR) is 139 cm³/mol. The number of hydrogen-bond acceptors (Lipinski definition) is 9. The van der Waals surface area contributed by atoms with E-state index in [0.29, 0.717) is 48.7 Å². The van der Waals surface area contributed by atoms with Crippen LogP contribution in [0.25, 0.3) is 16.3 Å². The molecule has 0 bridgehead atoms. The lowest BCUT2D eigenvalue weighted by molar-refractivity contribution is -0.138. The largest absolute Gasteiger partial charge is 0.445 e. The Hall–Kier alpha value is -2.82. The first kappa shape index (κ1) is 27.4. The fourth-order valence-electron chi connectivity index (χ4n) is 5.25. The van der Waals surface area contributed by atoms with Gasteiger partial charge in [-0.1, -0.05) is 18.3 Å². The number of aromatic nitrogens is 4. The van der Waals surface area contributed by atoms with Gasteiger partial charge in [0.1, 0.15) is 4.90 Å². The van der Waals surface area contributed by atoms with Crippen LogP contribution < -0.4 is 9.62 Å². The van der Waals surface area contributed by atoms with E-state index in [1.165, 1.54) is 16.8 Å². The summed E-state index contributed by atoms with van der Waals surface area (Å²) in [4.78, 5) is 21.1. The van der Waals surface area contributed by atoms with Crippen LogP contribution in [0.5, 0.6) is 0 Å². The third-order valence-electron chi connectivity index (χ3n) is 7.88. The number of ether oxygens (including phenoxy) is 1. The molecule has 1 aliphatic carbocycles. The van der Waals surface area contributed by atoms with Crippen molar-refractivity contribution in [3.05, 3.63) is 23.5 Å². The lowest BCUT2D eigenvalue weighted by Crippen LogP contribution is -2.59. The summed E-state index contributed by atoms with van der Waals surface area (Å²) in [6.45, 7) is 6.07. The number of imidazole rings is 1. The molecule has 0 aromatic carbocycles. The van der Waals surface area contributed by atoms with Gasteiger partial charge in [-0.2, -0.15) is 13.2 Å². The molecule has 0 radical (unpaired) electrons. The van der Waals surface area contributed by atoms with Gasteiger partial charge in [-0.05, 0) is 32.3 Å². The monoisotopic (exact) mass is 599 g/mol. The number of pyridine rings is 1. The van der Waals surface area contributed by atoms with Gasteiger partial charge in [0, 0.05) is 37.8 Å². The zero-order chi connectivity index (χ0) is 28.5. The lowest BCUT2D eigenvalue weighted by Gasteiger charge is -2.39. The molecular weight excluding hydrogens is 571 g/mol. The molecule has 216 valence electrons. The predicted octanol–water partition coefficient (Wildman–Crippen LogP) is 2.78. The van der Waals surface area contributed by atoms with Gasteiger partial charge in [0.05, 0.1) is 36.2 Å². The van der Waals surface area contributed by atoms with Crippen molar-refractivity contribution in [2.24, 2.45) is 5.41 Å². The molecule has 3 fully saturated rings. The second kappa shape index (κ2) is 9.36. The lowest BCUT2D eigenvalue weighted by atomic mass is 10.0. The summed E-state index contributed by atoms with van der Waals surface area (Å²) in [6, 6.07) is 1.54. The van der Waals surface area contributed by atoms with E-state index in [9.17, 15) is 26.4 Å². The normalized spacial score (nSPS) is 20.5.